The lowest BCUT2D eigenvalue weighted by Gasteiger charge is -2.14. The number of hydrogen-bond acceptors (Lipinski definition) is 5. The third kappa shape index (κ3) is 2.68. The zero-order chi connectivity index (χ0) is 19.4. The molecule has 1 saturated carbocycles. The SMILES string of the molecule is O=c1c2c3nc4ccccc4nc3n(C[C@@H]3CCCO3)c2ncn1C1CCCC1. The van der Waals surface area contributed by atoms with E-state index in [1.54, 1.807) is 6.33 Å². The van der Waals surface area contributed by atoms with Gasteiger partial charge in [0.05, 0.1) is 23.7 Å². The van der Waals surface area contributed by atoms with Crippen LogP contribution < -0.4 is 5.56 Å². The number of benzene rings is 1. The van der Waals surface area contributed by atoms with Crippen molar-refractivity contribution in [2.24, 2.45) is 0 Å². The molecule has 0 unspecified atom stereocenters. The van der Waals surface area contributed by atoms with Crippen molar-refractivity contribution >= 4 is 33.2 Å². The van der Waals surface area contributed by atoms with E-state index in [0.717, 1.165) is 49.0 Å². The molecule has 1 atom stereocenters. The molecule has 0 radical (unpaired) electrons. The molecule has 3 aromatic heterocycles. The minimum Gasteiger partial charge on any atom is -0.376 e. The van der Waals surface area contributed by atoms with Gasteiger partial charge in [0.1, 0.15) is 17.2 Å². The van der Waals surface area contributed by atoms with Crippen LogP contribution in [0.3, 0.4) is 0 Å². The van der Waals surface area contributed by atoms with Gasteiger partial charge in [-0.15, -0.1) is 0 Å². The van der Waals surface area contributed by atoms with Gasteiger partial charge in [0.15, 0.2) is 11.3 Å². The van der Waals surface area contributed by atoms with Crippen LogP contribution in [-0.2, 0) is 11.3 Å². The van der Waals surface area contributed by atoms with E-state index < -0.39 is 0 Å². The largest absolute Gasteiger partial charge is 0.376 e. The molecule has 1 aromatic carbocycles. The molecule has 1 aliphatic heterocycles. The Kier molecular flexibility index (Phi) is 3.90. The van der Waals surface area contributed by atoms with Crippen LogP contribution in [0.1, 0.15) is 44.6 Å². The lowest BCUT2D eigenvalue weighted by atomic mass is 10.2. The molecule has 7 nitrogen and oxygen atoms in total. The van der Waals surface area contributed by atoms with Gasteiger partial charge >= 0.3 is 0 Å². The Hall–Kier alpha value is -2.80. The number of aromatic nitrogens is 5. The first-order chi connectivity index (χ1) is 14.3. The van der Waals surface area contributed by atoms with Crippen LogP contribution >= 0.6 is 0 Å². The third-order valence-corrected chi connectivity index (χ3v) is 6.40. The molecule has 0 spiro atoms. The van der Waals surface area contributed by atoms with E-state index in [4.69, 9.17) is 19.7 Å². The molecule has 0 bridgehead atoms. The number of hydrogen-bond donors (Lipinski definition) is 0. The number of ether oxygens (including phenoxy) is 1. The summed E-state index contributed by atoms with van der Waals surface area (Å²) < 4.78 is 9.73. The van der Waals surface area contributed by atoms with Gasteiger partial charge in [0.2, 0.25) is 0 Å². The lowest BCUT2D eigenvalue weighted by molar-refractivity contribution is 0.0987. The molecule has 6 rings (SSSR count). The molecule has 4 aromatic rings. The molecular formula is C22H23N5O2. The third-order valence-electron chi connectivity index (χ3n) is 6.40. The average Bonchev–Trinajstić information content (AvgIpc) is 3.49. The summed E-state index contributed by atoms with van der Waals surface area (Å²) in [6, 6.07) is 8.05. The van der Waals surface area contributed by atoms with Crippen molar-refractivity contribution in [1.29, 1.82) is 0 Å². The van der Waals surface area contributed by atoms with Crippen LogP contribution in [0.5, 0.6) is 0 Å². The van der Waals surface area contributed by atoms with Gasteiger partial charge in [0, 0.05) is 12.6 Å². The molecular weight excluding hydrogens is 366 g/mol. The molecule has 1 aliphatic carbocycles. The van der Waals surface area contributed by atoms with Gasteiger partial charge in [-0.2, -0.15) is 0 Å². The van der Waals surface area contributed by atoms with Gasteiger partial charge in [-0.05, 0) is 37.8 Å². The zero-order valence-corrected chi connectivity index (χ0v) is 16.3. The Bertz CT molecular complexity index is 1280. The summed E-state index contributed by atoms with van der Waals surface area (Å²) in [6.07, 6.45) is 8.35. The Morgan fingerprint density at radius 3 is 2.55 bits per heavy atom. The minimum absolute atomic E-state index is 0.00238. The second-order valence-corrected chi connectivity index (χ2v) is 8.22. The number of fused-ring (bicyclic) bond motifs is 4. The normalized spacial score (nSPS) is 20.5. The predicted octanol–water partition coefficient (Wildman–Crippen LogP) is 3.59. The Morgan fingerprint density at radius 1 is 1.00 bits per heavy atom. The highest BCUT2D eigenvalue weighted by atomic mass is 16.5. The van der Waals surface area contributed by atoms with Gasteiger partial charge < -0.3 is 9.30 Å². The fraction of sp³-hybridized carbons (Fsp3) is 0.455. The van der Waals surface area contributed by atoms with Crippen LogP contribution in [-0.4, -0.2) is 36.8 Å². The van der Waals surface area contributed by atoms with Crippen molar-refractivity contribution < 1.29 is 4.74 Å². The van der Waals surface area contributed by atoms with Crippen molar-refractivity contribution in [2.75, 3.05) is 6.61 Å². The highest BCUT2D eigenvalue weighted by Crippen LogP contribution is 2.30. The van der Waals surface area contributed by atoms with E-state index in [1.165, 1.54) is 12.8 Å². The first-order valence-electron chi connectivity index (χ1n) is 10.6. The smallest absolute Gasteiger partial charge is 0.265 e. The van der Waals surface area contributed by atoms with Crippen LogP contribution in [0.25, 0.3) is 33.2 Å². The fourth-order valence-corrected chi connectivity index (χ4v) is 4.92. The van der Waals surface area contributed by atoms with Crippen molar-refractivity contribution in [3.8, 4) is 0 Å². The predicted molar refractivity (Wildman–Crippen MR) is 111 cm³/mol. The summed E-state index contributed by atoms with van der Waals surface area (Å²) in [5.41, 5.74) is 3.68. The highest BCUT2D eigenvalue weighted by molar-refractivity contribution is 6.04. The van der Waals surface area contributed by atoms with Crippen LogP contribution in [0.15, 0.2) is 35.4 Å². The topological polar surface area (TPSA) is 74.8 Å². The molecule has 2 fully saturated rings. The van der Waals surface area contributed by atoms with Gasteiger partial charge in [-0.25, -0.2) is 15.0 Å². The van der Waals surface area contributed by atoms with Crippen molar-refractivity contribution in [2.45, 2.75) is 57.2 Å². The zero-order valence-electron chi connectivity index (χ0n) is 16.3. The summed E-state index contributed by atoms with van der Waals surface area (Å²) in [6.45, 7) is 1.44. The quantitative estimate of drug-likeness (QED) is 0.535. The van der Waals surface area contributed by atoms with E-state index in [2.05, 4.69) is 0 Å². The average molecular weight is 389 g/mol. The van der Waals surface area contributed by atoms with Crippen molar-refractivity contribution in [3.63, 3.8) is 0 Å². The summed E-state index contributed by atoms with van der Waals surface area (Å²) in [4.78, 5) is 28.0. The van der Waals surface area contributed by atoms with E-state index in [-0.39, 0.29) is 17.7 Å². The van der Waals surface area contributed by atoms with Crippen molar-refractivity contribution in [3.05, 3.63) is 40.9 Å². The Morgan fingerprint density at radius 2 is 1.79 bits per heavy atom. The second kappa shape index (κ2) is 6.62. The van der Waals surface area contributed by atoms with E-state index in [1.807, 2.05) is 33.4 Å². The summed E-state index contributed by atoms with van der Waals surface area (Å²) in [5.74, 6) is 0. The number of rotatable bonds is 3. The molecule has 2 aliphatic rings. The molecule has 4 heterocycles. The first-order valence-corrected chi connectivity index (χ1v) is 10.6. The molecule has 29 heavy (non-hydrogen) atoms. The van der Waals surface area contributed by atoms with Crippen LogP contribution in [0.2, 0.25) is 0 Å². The monoisotopic (exact) mass is 389 g/mol. The van der Waals surface area contributed by atoms with Crippen molar-refractivity contribution in [1.82, 2.24) is 24.1 Å². The summed E-state index contributed by atoms with van der Waals surface area (Å²) in [7, 11) is 0. The number of nitrogens with zero attached hydrogens (tertiary/aromatic N) is 5. The second-order valence-electron chi connectivity index (χ2n) is 8.22. The van der Waals surface area contributed by atoms with E-state index in [9.17, 15) is 4.79 Å². The van der Waals surface area contributed by atoms with Crippen LogP contribution in [0, 0.1) is 0 Å². The van der Waals surface area contributed by atoms with Gasteiger partial charge in [0.25, 0.3) is 5.56 Å². The maximum atomic E-state index is 13.5. The minimum atomic E-state index is 0.00238. The van der Waals surface area contributed by atoms with E-state index in [0.29, 0.717) is 23.1 Å². The fourth-order valence-electron chi connectivity index (χ4n) is 4.92. The maximum absolute atomic E-state index is 13.5. The first kappa shape index (κ1) is 17.1. The Balaban J connectivity index is 1.65. The lowest BCUT2D eigenvalue weighted by Crippen LogP contribution is -2.24. The standard InChI is InChI=1S/C22H23N5O2/c28-22-18-19-21(25-17-10-4-3-9-16(17)24-19)26(12-15-8-5-11-29-15)20(18)23-13-27(22)14-6-1-2-7-14/h3-4,9-10,13-15H,1-2,5-8,11-12H2/t15-/m0/s1. The van der Waals surface area contributed by atoms with Crippen LogP contribution in [0.4, 0.5) is 0 Å². The maximum Gasteiger partial charge on any atom is 0.265 e. The Labute approximate surface area is 167 Å². The summed E-state index contributed by atoms with van der Waals surface area (Å²) in [5, 5.41) is 0.589. The van der Waals surface area contributed by atoms with Gasteiger partial charge in [-0.3, -0.25) is 9.36 Å². The van der Waals surface area contributed by atoms with Gasteiger partial charge in [-0.1, -0.05) is 25.0 Å². The molecule has 7 heteroatoms. The molecule has 0 N–H and O–H groups in total. The van der Waals surface area contributed by atoms with E-state index >= 15 is 0 Å². The highest BCUT2D eigenvalue weighted by Gasteiger charge is 2.26. The molecule has 0 amide bonds. The molecule has 148 valence electrons. The number of para-hydroxylation sites is 2. The summed E-state index contributed by atoms with van der Waals surface area (Å²) >= 11 is 0. The molecule has 1 saturated heterocycles.